The maximum atomic E-state index is 13.5. The lowest BCUT2D eigenvalue weighted by Gasteiger charge is -2.36. The van der Waals surface area contributed by atoms with Gasteiger partial charge < -0.3 is 19.4 Å². The van der Waals surface area contributed by atoms with Gasteiger partial charge in [-0.2, -0.15) is 0 Å². The molecular formula is C30H36N4O3. The highest BCUT2D eigenvalue weighted by atomic mass is 16.5. The van der Waals surface area contributed by atoms with Crippen LogP contribution >= 0.6 is 0 Å². The van der Waals surface area contributed by atoms with Crippen LogP contribution in [0.15, 0.2) is 48.5 Å². The number of carbonyl (C=O) groups excluding carboxylic acids is 2. The summed E-state index contributed by atoms with van der Waals surface area (Å²) in [7, 11) is 1.67. The van der Waals surface area contributed by atoms with Crippen LogP contribution in [0.5, 0.6) is 5.75 Å². The Morgan fingerprint density at radius 1 is 1.03 bits per heavy atom. The van der Waals surface area contributed by atoms with Crippen molar-refractivity contribution >= 4 is 28.5 Å². The Hall–Kier alpha value is -3.61. The summed E-state index contributed by atoms with van der Waals surface area (Å²) in [4.78, 5) is 36.7. The zero-order chi connectivity index (χ0) is 25.9. The number of piperazine rings is 1. The maximum absolute atomic E-state index is 13.5. The molecule has 1 saturated heterocycles. The fraction of sp³-hybridized carbons (Fsp3) is 0.433. The molecule has 5 rings (SSSR count). The van der Waals surface area contributed by atoms with Crippen molar-refractivity contribution in [2.45, 2.75) is 52.1 Å². The largest absolute Gasteiger partial charge is 0.496 e. The molecule has 0 bridgehead atoms. The molecule has 3 aromatic rings. The lowest BCUT2D eigenvalue weighted by molar-refractivity contribution is -0.132. The van der Waals surface area contributed by atoms with Crippen molar-refractivity contribution in [2.24, 2.45) is 0 Å². The second-order valence-corrected chi connectivity index (χ2v) is 10.2. The van der Waals surface area contributed by atoms with Crippen LogP contribution in [0.4, 0.5) is 5.82 Å². The van der Waals surface area contributed by atoms with Crippen molar-refractivity contribution in [1.82, 2.24) is 14.8 Å². The SMILES string of the molecule is COc1ccccc1CCC(=O)N(Cc1cc2ccc(C)cc2nc1N1CCN(C(C)=O)CC1)C1CC1. The topological polar surface area (TPSA) is 66.0 Å². The molecule has 2 aliphatic rings. The lowest BCUT2D eigenvalue weighted by atomic mass is 10.1. The predicted octanol–water partition coefficient (Wildman–Crippen LogP) is 4.34. The van der Waals surface area contributed by atoms with Crippen molar-refractivity contribution in [3.63, 3.8) is 0 Å². The number of nitrogens with zero attached hydrogens (tertiary/aromatic N) is 4. The summed E-state index contributed by atoms with van der Waals surface area (Å²) >= 11 is 0. The van der Waals surface area contributed by atoms with Crippen molar-refractivity contribution in [1.29, 1.82) is 0 Å². The number of hydrogen-bond donors (Lipinski definition) is 0. The van der Waals surface area contributed by atoms with Crippen LogP contribution in [0.2, 0.25) is 0 Å². The number of rotatable bonds is 8. The van der Waals surface area contributed by atoms with Crippen LogP contribution in [0.1, 0.15) is 42.9 Å². The molecule has 1 aliphatic carbocycles. The highest BCUT2D eigenvalue weighted by Gasteiger charge is 2.33. The summed E-state index contributed by atoms with van der Waals surface area (Å²) in [5.74, 6) is 2.05. The molecule has 2 aromatic carbocycles. The number of fused-ring (bicyclic) bond motifs is 1. The maximum Gasteiger partial charge on any atom is 0.223 e. The van der Waals surface area contributed by atoms with E-state index >= 15 is 0 Å². The van der Waals surface area contributed by atoms with E-state index in [1.54, 1.807) is 14.0 Å². The highest BCUT2D eigenvalue weighted by molar-refractivity contribution is 5.83. The summed E-state index contributed by atoms with van der Waals surface area (Å²) < 4.78 is 5.48. The van der Waals surface area contributed by atoms with Gasteiger partial charge in [0.1, 0.15) is 11.6 Å². The molecule has 194 valence electrons. The first-order chi connectivity index (χ1) is 17.9. The number of para-hydroxylation sites is 1. The van der Waals surface area contributed by atoms with Gasteiger partial charge in [-0.25, -0.2) is 4.98 Å². The van der Waals surface area contributed by atoms with Crippen LogP contribution in [0.3, 0.4) is 0 Å². The fourth-order valence-corrected chi connectivity index (χ4v) is 5.22. The van der Waals surface area contributed by atoms with E-state index in [-0.39, 0.29) is 11.8 Å². The van der Waals surface area contributed by atoms with E-state index in [9.17, 15) is 9.59 Å². The molecule has 2 fully saturated rings. The second-order valence-electron chi connectivity index (χ2n) is 10.2. The number of aryl methyl sites for hydroxylation is 2. The van der Waals surface area contributed by atoms with Gasteiger partial charge in [0, 0.05) is 63.1 Å². The van der Waals surface area contributed by atoms with Gasteiger partial charge in [0.25, 0.3) is 0 Å². The monoisotopic (exact) mass is 500 g/mol. The summed E-state index contributed by atoms with van der Waals surface area (Å²) in [6.07, 6.45) is 3.20. The van der Waals surface area contributed by atoms with Gasteiger partial charge in [0.05, 0.1) is 12.6 Å². The molecule has 0 atom stereocenters. The number of pyridine rings is 1. The van der Waals surface area contributed by atoms with E-state index in [2.05, 4.69) is 41.0 Å². The first-order valence-corrected chi connectivity index (χ1v) is 13.2. The molecule has 0 unspecified atom stereocenters. The number of methoxy groups -OCH3 is 1. The third kappa shape index (κ3) is 5.71. The van der Waals surface area contributed by atoms with Crippen LogP contribution in [0.25, 0.3) is 10.9 Å². The average molecular weight is 501 g/mol. The predicted molar refractivity (Wildman–Crippen MR) is 146 cm³/mol. The molecule has 0 radical (unpaired) electrons. The molecule has 37 heavy (non-hydrogen) atoms. The zero-order valence-corrected chi connectivity index (χ0v) is 22.1. The van der Waals surface area contributed by atoms with Crippen LogP contribution in [0, 0.1) is 6.92 Å². The molecule has 0 N–H and O–H groups in total. The normalized spacial score (nSPS) is 15.6. The van der Waals surface area contributed by atoms with Gasteiger partial charge in [-0.15, -0.1) is 0 Å². The number of carbonyl (C=O) groups is 2. The molecule has 2 amide bonds. The lowest BCUT2D eigenvalue weighted by Crippen LogP contribution is -2.48. The average Bonchev–Trinajstić information content (AvgIpc) is 3.75. The third-order valence-electron chi connectivity index (χ3n) is 7.50. The molecule has 0 spiro atoms. The van der Waals surface area contributed by atoms with Crippen LogP contribution in [-0.4, -0.2) is 65.9 Å². The Balaban J connectivity index is 1.40. The Morgan fingerprint density at radius 2 is 1.78 bits per heavy atom. The molecular weight excluding hydrogens is 464 g/mol. The number of anilines is 1. The quantitative estimate of drug-likeness (QED) is 0.460. The highest BCUT2D eigenvalue weighted by Crippen LogP contribution is 2.33. The van der Waals surface area contributed by atoms with E-state index in [1.165, 1.54) is 5.56 Å². The van der Waals surface area contributed by atoms with E-state index in [4.69, 9.17) is 9.72 Å². The molecule has 7 heteroatoms. The second kappa shape index (κ2) is 10.8. The van der Waals surface area contributed by atoms with Crippen molar-refractivity contribution in [3.8, 4) is 5.75 Å². The van der Waals surface area contributed by atoms with Gasteiger partial charge in [0.15, 0.2) is 0 Å². The van der Waals surface area contributed by atoms with Crippen LogP contribution in [-0.2, 0) is 22.6 Å². The van der Waals surface area contributed by atoms with Gasteiger partial charge in [-0.05, 0) is 55.5 Å². The third-order valence-corrected chi connectivity index (χ3v) is 7.50. The van der Waals surface area contributed by atoms with Crippen molar-refractivity contribution in [3.05, 3.63) is 65.2 Å². The fourth-order valence-electron chi connectivity index (χ4n) is 5.22. The molecule has 1 aromatic heterocycles. The van der Waals surface area contributed by atoms with Gasteiger partial charge in [-0.3, -0.25) is 9.59 Å². The smallest absolute Gasteiger partial charge is 0.223 e. The number of aromatic nitrogens is 1. The first-order valence-electron chi connectivity index (χ1n) is 13.2. The number of amides is 2. The van der Waals surface area contributed by atoms with E-state index in [0.29, 0.717) is 38.5 Å². The summed E-state index contributed by atoms with van der Waals surface area (Å²) in [5, 5.41) is 1.09. The minimum Gasteiger partial charge on any atom is -0.496 e. The Kier molecular flexibility index (Phi) is 7.31. The zero-order valence-electron chi connectivity index (χ0n) is 22.1. The Labute approximate surface area is 219 Å². The van der Waals surface area contributed by atoms with E-state index in [0.717, 1.165) is 59.5 Å². The standard InChI is InChI=1S/C30H36N4O3/c1-21-8-9-24-19-25(30(31-27(24)18-21)33-16-14-32(15-17-33)22(2)35)20-34(26-11-12-26)29(36)13-10-23-6-4-5-7-28(23)37-3/h4-9,18-19,26H,10-17,20H2,1-3H3. The van der Waals surface area contributed by atoms with Gasteiger partial charge in [-0.1, -0.05) is 30.3 Å². The Morgan fingerprint density at radius 3 is 2.49 bits per heavy atom. The molecule has 1 saturated carbocycles. The minimum atomic E-state index is 0.113. The van der Waals surface area contributed by atoms with Gasteiger partial charge in [0.2, 0.25) is 11.8 Å². The van der Waals surface area contributed by atoms with Crippen molar-refractivity contribution in [2.75, 3.05) is 38.2 Å². The summed E-state index contributed by atoms with van der Waals surface area (Å²) in [5.41, 5.74) is 4.27. The number of ether oxygens (including phenoxy) is 1. The molecule has 1 aliphatic heterocycles. The Bertz CT molecular complexity index is 1300. The number of benzene rings is 2. The minimum absolute atomic E-state index is 0.113. The van der Waals surface area contributed by atoms with Gasteiger partial charge >= 0.3 is 0 Å². The summed E-state index contributed by atoms with van der Waals surface area (Å²) in [6.45, 7) is 7.11. The first kappa shape index (κ1) is 25.1. The summed E-state index contributed by atoms with van der Waals surface area (Å²) in [6, 6.07) is 16.7. The molecule has 7 nitrogen and oxygen atoms in total. The van der Waals surface area contributed by atoms with Crippen molar-refractivity contribution < 1.29 is 14.3 Å². The number of hydrogen-bond acceptors (Lipinski definition) is 5. The molecule has 2 heterocycles. The van der Waals surface area contributed by atoms with E-state index < -0.39 is 0 Å². The van der Waals surface area contributed by atoms with Crippen LogP contribution < -0.4 is 9.64 Å². The van der Waals surface area contributed by atoms with E-state index in [1.807, 2.05) is 29.2 Å².